The van der Waals surface area contributed by atoms with E-state index in [1.165, 1.54) is 18.2 Å². The van der Waals surface area contributed by atoms with Crippen molar-refractivity contribution < 1.29 is 31.5 Å². The number of alkyl halides is 3. The van der Waals surface area contributed by atoms with E-state index in [1.807, 2.05) is 12.1 Å². The fraction of sp³-hybridized carbons (Fsp3) is 0.296. The average Bonchev–Trinajstić information content (AvgIpc) is 2.89. The number of urea groups is 1. The van der Waals surface area contributed by atoms with Crippen LogP contribution in [-0.4, -0.2) is 48.6 Å². The van der Waals surface area contributed by atoms with Gasteiger partial charge in [0.25, 0.3) is 0 Å². The number of carbonyl (C=O) groups is 1. The van der Waals surface area contributed by atoms with E-state index in [9.17, 15) is 26.7 Å². The normalized spacial score (nSPS) is 15.4. The molecule has 1 heterocycles. The van der Waals surface area contributed by atoms with E-state index in [0.717, 1.165) is 29.8 Å². The monoisotopic (exact) mass is 553 g/mol. The van der Waals surface area contributed by atoms with Gasteiger partial charge in [0.05, 0.1) is 18.3 Å². The fourth-order valence-corrected chi connectivity index (χ4v) is 4.19. The first kappa shape index (κ1) is 27.8. The number of carbonyl (C=O) groups excluding carboxylic acids is 1. The molecule has 0 unspecified atom stereocenters. The molecular formula is C27H25ClF5N3O2. The zero-order chi connectivity index (χ0) is 27.3. The molecule has 38 heavy (non-hydrogen) atoms. The number of piperazine rings is 1. The van der Waals surface area contributed by atoms with Crippen molar-refractivity contribution in [1.29, 1.82) is 0 Å². The van der Waals surface area contributed by atoms with Gasteiger partial charge < -0.3 is 15.0 Å². The molecule has 5 nitrogen and oxygen atoms in total. The minimum atomic E-state index is -4.40. The molecular weight excluding hydrogens is 529 g/mol. The van der Waals surface area contributed by atoms with E-state index in [2.05, 4.69) is 10.2 Å². The van der Waals surface area contributed by atoms with E-state index in [-0.39, 0.29) is 12.3 Å². The van der Waals surface area contributed by atoms with Gasteiger partial charge in [0.15, 0.2) is 11.6 Å². The third-order valence-electron chi connectivity index (χ3n) is 6.23. The zero-order valence-corrected chi connectivity index (χ0v) is 20.9. The molecule has 11 heteroatoms. The minimum absolute atomic E-state index is 0.113. The van der Waals surface area contributed by atoms with Gasteiger partial charge in [0, 0.05) is 49.5 Å². The van der Waals surface area contributed by atoms with Crippen LogP contribution in [-0.2, 0) is 17.5 Å². The number of nitrogens with zero attached hydrogens (tertiary/aromatic N) is 2. The van der Waals surface area contributed by atoms with Crippen LogP contribution in [0.4, 0.5) is 32.4 Å². The van der Waals surface area contributed by atoms with Crippen LogP contribution in [0.1, 0.15) is 22.8 Å². The molecule has 0 aromatic heterocycles. The van der Waals surface area contributed by atoms with E-state index >= 15 is 0 Å². The van der Waals surface area contributed by atoms with Gasteiger partial charge in [-0.3, -0.25) is 4.90 Å². The van der Waals surface area contributed by atoms with Crippen molar-refractivity contribution in [1.82, 2.24) is 9.80 Å². The van der Waals surface area contributed by atoms with E-state index in [0.29, 0.717) is 43.3 Å². The molecule has 1 atom stereocenters. The van der Waals surface area contributed by atoms with Crippen molar-refractivity contribution in [2.75, 3.05) is 38.0 Å². The lowest BCUT2D eigenvalue weighted by atomic mass is 10.1. The molecule has 3 aromatic rings. The molecule has 4 rings (SSSR count). The van der Waals surface area contributed by atoms with E-state index in [4.69, 9.17) is 16.3 Å². The van der Waals surface area contributed by atoms with Crippen LogP contribution in [0, 0.1) is 11.6 Å². The molecule has 0 spiro atoms. The predicted octanol–water partition coefficient (Wildman–Crippen LogP) is 6.74. The summed E-state index contributed by atoms with van der Waals surface area (Å²) in [4.78, 5) is 16.3. The Kier molecular flexibility index (Phi) is 8.86. The Hall–Kier alpha value is -3.21. The minimum Gasteiger partial charge on any atom is -0.368 e. The quantitative estimate of drug-likeness (QED) is 0.329. The summed E-state index contributed by atoms with van der Waals surface area (Å²) >= 11 is 6.03. The lowest BCUT2D eigenvalue weighted by molar-refractivity contribution is -0.137. The molecule has 1 aliphatic rings. The Labute approximate surface area is 221 Å². The van der Waals surface area contributed by atoms with Crippen molar-refractivity contribution in [2.45, 2.75) is 18.9 Å². The SMILES string of the molecule is O=C(Nc1ccc(F)c(F)c1)N1CCN(C[C@H](OCc2ccc(C(F)(F)F)cc2)c2ccc(Cl)cc2)CC1. The Morgan fingerprint density at radius 3 is 2.18 bits per heavy atom. The summed E-state index contributed by atoms with van der Waals surface area (Å²) in [6.07, 6.45) is -4.79. The topological polar surface area (TPSA) is 44.8 Å². The smallest absolute Gasteiger partial charge is 0.368 e. The van der Waals surface area contributed by atoms with Crippen LogP contribution in [0.5, 0.6) is 0 Å². The molecule has 0 aliphatic carbocycles. The number of nitrogens with one attached hydrogen (secondary N) is 1. The molecule has 2 amide bonds. The summed E-state index contributed by atoms with van der Waals surface area (Å²) in [6.45, 7) is 2.49. The lowest BCUT2D eigenvalue weighted by Crippen LogP contribution is -2.50. The van der Waals surface area contributed by atoms with Gasteiger partial charge in [-0.15, -0.1) is 0 Å². The highest BCUT2D eigenvalue weighted by Crippen LogP contribution is 2.30. The number of ether oxygens (including phenoxy) is 1. The summed E-state index contributed by atoms with van der Waals surface area (Å²) in [6, 6.07) is 14.8. The van der Waals surface area contributed by atoms with Crippen molar-refractivity contribution in [2.24, 2.45) is 0 Å². The summed E-state index contributed by atoms with van der Waals surface area (Å²) in [7, 11) is 0. The van der Waals surface area contributed by atoms with Crippen LogP contribution in [0.2, 0.25) is 5.02 Å². The second kappa shape index (κ2) is 12.1. The Morgan fingerprint density at radius 2 is 1.58 bits per heavy atom. The molecule has 0 bridgehead atoms. The summed E-state index contributed by atoms with van der Waals surface area (Å²) < 4.78 is 71.3. The second-order valence-corrected chi connectivity index (χ2v) is 9.33. The first-order valence-corrected chi connectivity index (χ1v) is 12.2. The second-order valence-electron chi connectivity index (χ2n) is 8.89. The number of hydrogen-bond acceptors (Lipinski definition) is 3. The summed E-state index contributed by atoms with van der Waals surface area (Å²) in [5.74, 6) is -2.04. The highest BCUT2D eigenvalue weighted by Gasteiger charge is 2.30. The molecule has 1 fully saturated rings. The summed E-state index contributed by atoms with van der Waals surface area (Å²) in [5.41, 5.74) is 0.910. The number of benzene rings is 3. The first-order chi connectivity index (χ1) is 18.1. The highest BCUT2D eigenvalue weighted by molar-refractivity contribution is 6.30. The van der Waals surface area contributed by atoms with Gasteiger partial charge in [-0.1, -0.05) is 35.9 Å². The maximum atomic E-state index is 13.4. The standard InChI is InChI=1S/C27H25ClF5N3O2/c28-21-7-3-19(4-8-21)25(38-17-18-1-5-20(6-2-18)27(31,32)33)16-35-11-13-36(14-12-35)26(37)34-22-9-10-23(29)24(30)15-22/h1-10,15,25H,11-14,16-17H2,(H,34,37)/t25-/m0/s1. The van der Waals surface area contributed by atoms with Gasteiger partial charge in [0.2, 0.25) is 0 Å². The fourth-order valence-electron chi connectivity index (χ4n) is 4.06. The largest absolute Gasteiger partial charge is 0.416 e. The maximum absolute atomic E-state index is 13.4. The molecule has 1 aliphatic heterocycles. The van der Waals surface area contributed by atoms with Crippen LogP contribution < -0.4 is 5.32 Å². The zero-order valence-electron chi connectivity index (χ0n) is 20.1. The maximum Gasteiger partial charge on any atom is 0.416 e. The van der Waals surface area contributed by atoms with E-state index < -0.39 is 35.5 Å². The van der Waals surface area contributed by atoms with Crippen molar-refractivity contribution in [3.05, 3.63) is 100 Å². The molecule has 0 saturated carbocycles. The van der Waals surface area contributed by atoms with Gasteiger partial charge in [-0.2, -0.15) is 13.2 Å². The first-order valence-electron chi connectivity index (χ1n) is 11.8. The van der Waals surface area contributed by atoms with Gasteiger partial charge in [0.1, 0.15) is 0 Å². The molecule has 202 valence electrons. The molecule has 0 radical (unpaired) electrons. The molecule has 1 saturated heterocycles. The van der Waals surface area contributed by atoms with Crippen LogP contribution in [0.15, 0.2) is 66.7 Å². The number of hydrogen-bond donors (Lipinski definition) is 1. The van der Waals surface area contributed by atoms with Crippen LogP contribution in [0.25, 0.3) is 0 Å². The van der Waals surface area contributed by atoms with Gasteiger partial charge in [-0.25, -0.2) is 13.6 Å². The van der Waals surface area contributed by atoms with Gasteiger partial charge >= 0.3 is 12.2 Å². The lowest BCUT2D eigenvalue weighted by Gasteiger charge is -2.36. The van der Waals surface area contributed by atoms with E-state index in [1.54, 1.807) is 17.0 Å². The Balaban J connectivity index is 1.35. The van der Waals surface area contributed by atoms with Crippen LogP contribution >= 0.6 is 11.6 Å². The highest BCUT2D eigenvalue weighted by atomic mass is 35.5. The molecule has 3 aromatic carbocycles. The van der Waals surface area contributed by atoms with Crippen molar-refractivity contribution in [3.8, 4) is 0 Å². The number of anilines is 1. The number of rotatable bonds is 7. The Morgan fingerprint density at radius 1 is 0.921 bits per heavy atom. The van der Waals surface area contributed by atoms with Crippen LogP contribution in [0.3, 0.4) is 0 Å². The summed E-state index contributed by atoms with van der Waals surface area (Å²) in [5, 5.41) is 3.14. The van der Waals surface area contributed by atoms with Gasteiger partial charge in [-0.05, 0) is 47.5 Å². The van der Waals surface area contributed by atoms with Crippen molar-refractivity contribution >= 4 is 23.3 Å². The third-order valence-corrected chi connectivity index (χ3v) is 6.48. The predicted molar refractivity (Wildman–Crippen MR) is 134 cm³/mol. The van der Waals surface area contributed by atoms with Crippen molar-refractivity contribution in [3.63, 3.8) is 0 Å². The average molecular weight is 554 g/mol. The third kappa shape index (κ3) is 7.43. The molecule has 1 N–H and O–H groups in total. The number of halogens is 6. The Bertz CT molecular complexity index is 1230. The number of amides is 2.